The standard InChI is InChI=1S/C13H23N3O2/c17-13-15-12(10-2-1-3-10)8-16(13)6-4-11-9-18-7-5-14-11/h10-12,14H,1-9H2,(H,15,17). The number of urea groups is 1. The van der Waals surface area contributed by atoms with E-state index in [1.165, 1.54) is 19.3 Å². The van der Waals surface area contributed by atoms with Crippen molar-refractivity contribution in [2.75, 3.05) is 32.8 Å². The van der Waals surface area contributed by atoms with Crippen LogP contribution in [0.4, 0.5) is 4.79 Å². The highest BCUT2D eigenvalue weighted by atomic mass is 16.5. The van der Waals surface area contributed by atoms with Crippen molar-refractivity contribution >= 4 is 6.03 Å². The zero-order chi connectivity index (χ0) is 12.4. The number of nitrogens with one attached hydrogen (secondary N) is 2. The quantitative estimate of drug-likeness (QED) is 0.769. The lowest BCUT2D eigenvalue weighted by molar-refractivity contribution is 0.0716. The molecule has 3 rings (SSSR count). The minimum atomic E-state index is 0.128. The van der Waals surface area contributed by atoms with Crippen molar-refractivity contribution in [2.24, 2.45) is 5.92 Å². The summed E-state index contributed by atoms with van der Waals surface area (Å²) < 4.78 is 5.43. The summed E-state index contributed by atoms with van der Waals surface area (Å²) in [6.07, 6.45) is 4.90. The molecule has 2 atom stereocenters. The Balaban J connectivity index is 1.43. The summed E-state index contributed by atoms with van der Waals surface area (Å²) in [5, 5.41) is 6.56. The van der Waals surface area contributed by atoms with Crippen LogP contribution < -0.4 is 10.6 Å². The Morgan fingerprint density at radius 3 is 2.94 bits per heavy atom. The number of nitrogens with zero attached hydrogens (tertiary/aromatic N) is 1. The summed E-state index contributed by atoms with van der Waals surface area (Å²) in [7, 11) is 0. The van der Waals surface area contributed by atoms with Crippen molar-refractivity contribution < 1.29 is 9.53 Å². The van der Waals surface area contributed by atoms with Crippen LogP contribution in [0.3, 0.4) is 0 Å². The van der Waals surface area contributed by atoms with Crippen LogP contribution in [0.15, 0.2) is 0 Å². The number of carbonyl (C=O) groups excluding carboxylic acids is 1. The second-order valence-electron chi connectivity index (χ2n) is 5.71. The first kappa shape index (κ1) is 12.2. The maximum Gasteiger partial charge on any atom is 0.317 e. The van der Waals surface area contributed by atoms with Gasteiger partial charge in [-0.15, -0.1) is 0 Å². The van der Waals surface area contributed by atoms with Crippen LogP contribution in [0, 0.1) is 5.92 Å². The topological polar surface area (TPSA) is 53.6 Å². The van der Waals surface area contributed by atoms with E-state index in [9.17, 15) is 4.79 Å². The van der Waals surface area contributed by atoms with Gasteiger partial charge in [0, 0.05) is 25.7 Å². The highest BCUT2D eigenvalue weighted by Crippen LogP contribution is 2.31. The Hall–Kier alpha value is -0.810. The first-order chi connectivity index (χ1) is 8.83. The highest BCUT2D eigenvalue weighted by Gasteiger charge is 2.36. The molecule has 0 spiro atoms. The number of amides is 2. The van der Waals surface area contributed by atoms with E-state index >= 15 is 0 Å². The summed E-state index contributed by atoms with van der Waals surface area (Å²) in [6, 6.07) is 0.944. The zero-order valence-electron chi connectivity index (χ0n) is 10.9. The van der Waals surface area contributed by atoms with Crippen molar-refractivity contribution in [2.45, 2.75) is 37.8 Å². The van der Waals surface area contributed by atoms with Gasteiger partial charge in [0.15, 0.2) is 0 Å². The molecular formula is C13H23N3O2. The number of rotatable bonds is 4. The van der Waals surface area contributed by atoms with Crippen LogP contribution in [-0.2, 0) is 4.74 Å². The molecule has 102 valence electrons. The molecular weight excluding hydrogens is 230 g/mol. The van der Waals surface area contributed by atoms with E-state index in [0.717, 1.165) is 45.2 Å². The van der Waals surface area contributed by atoms with Crippen LogP contribution in [0.5, 0.6) is 0 Å². The average molecular weight is 253 g/mol. The molecule has 18 heavy (non-hydrogen) atoms. The second kappa shape index (κ2) is 5.45. The molecule has 2 N–H and O–H groups in total. The Bertz CT molecular complexity index is 301. The predicted octanol–water partition coefficient (Wildman–Crippen LogP) is 0.559. The third-order valence-electron chi connectivity index (χ3n) is 4.48. The van der Waals surface area contributed by atoms with Gasteiger partial charge in [-0.25, -0.2) is 4.79 Å². The zero-order valence-corrected chi connectivity index (χ0v) is 10.9. The molecule has 3 fully saturated rings. The van der Waals surface area contributed by atoms with E-state index in [4.69, 9.17) is 4.74 Å². The fraction of sp³-hybridized carbons (Fsp3) is 0.923. The molecule has 0 bridgehead atoms. The molecule has 5 heteroatoms. The average Bonchev–Trinajstić information content (AvgIpc) is 2.67. The van der Waals surface area contributed by atoms with Crippen LogP contribution in [0.25, 0.3) is 0 Å². The fourth-order valence-electron chi connectivity index (χ4n) is 3.03. The Kier molecular flexibility index (Phi) is 3.70. The monoisotopic (exact) mass is 253 g/mol. The molecule has 2 amide bonds. The van der Waals surface area contributed by atoms with Crippen LogP contribution in [-0.4, -0.2) is 55.9 Å². The molecule has 5 nitrogen and oxygen atoms in total. The first-order valence-corrected chi connectivity index (χ1v) is 7.19. The molecule has 2 saturated heterocycles. The molecule has 2 heterocycles. The van der Waals surface area contributed by atoms with Gasteiger partial charge in [-0.3, -0.25) is 0 Å². The normalized spacial score (nSPS) is 33.3. The van der Waals surface area contributed by atoms with Crippen molar-refractivity contribution in [3.05, 3.63) is 0 Å². The van der Waals surface area contributed by atoms with Crippen molar-refractivity contribution in [3.8, 4) is 0 Å². The van der Waals surface area contributed by atoms with Gasteiger partial charge in [-0.05, 0) is 25.2 Å². The Morgan fingerprint density at radius 1 is 1.39 bits per heavy atom. The van der Waals surface area contributed by atoms with Gasteiger partial charge >= 0.3 is 6.03 Å². The van der Waals surface area contributed by atoms with E-state index in [-0.39, 0.29) is 6.03 Å². The SMILES string of the molecule is O=C1NC(C2CCC2)CN1CCC1COCCN1. The Morgan fingerprint density at radius 2 is 2.28 bits per heavy atom. The van der Waals surface area contributed by atoms with Gasteiger partial charge < -0.3 is 20.3 Å². The molecule has 1 saturated carbocycles. The Labute approximate surface area is 108 Å². The molecule has 0 aromatic carbocycles. The lowest BCUT2D eigenvalue weighted by Crippen LogP contribution is -2.43. The molecule has 0 radical (unpaired) electrons. The first-order valence-electron chi connectivity index (χ1n) is 7.19. The number of hydrogen-bond acceptors (Lipinski definition) is 3. The minimum absolute atomic E-state index is 0.128. The third-order valence-corrected chi connectivity index (χ3v) is 4.48. The summed E-state index contributed by atoms with van der Waals surface area (Å²) in [5.41, 5.74) is 0. The van der Waals surface area contributed by atoms with Crippen LogP contribution in [0.2, 0.25) is 0 Å². The maximum absolute atomic E-state index is 11.9. The van der Waals surface area contributed by atoms with Gasteiger partial charge in [0.2, 0.25) is 0 Å². The van der Waals surface area contributed by atoms with E-state index in [0.29, 0.717) is 12.1 Å². The van der Waals surface area contributed by atoms with Crippen molar-refractivity contribution in [3.63, 3.8) is 0 Å². The fourth-order valence-corrected chi connectivity index (χ4v) is 3.03. The molecule has 2 unspecified atom stereocenters. The summed E-state index contributed by atoms with van der Waals surface area (Å²) >= 11 is 0. The van der Waals surface area contributed by atoms with E-state index in [1.807, 2.05) is 4.90 Å². The summed E-state index contributed by atoms with van der Waals surface area (Å²) in [5.74, 6) is 0.732. The third kappa shape index (κ3) is 2.62. The summed E-state index contributed by atoms with van der Waals surface area (Å²) in [6.45, 7) is 4.26. The van der Waals surface area contributed by atoms with Gasteiger partial charge in [-0.1, -0.05) is 6.42 Å². The molecule has 1 aliphatic carbocycles. The molecule has 0 aromatic heterocycles. The van der Waals surface area contributed by atoms with E-state index in [2.05, 4.69) is 10.6 Å². The molecule has 0 aromatic rings. The number of hydrogen-bond donors (Lipinski definition) is 2. The second-order valence-corrected chi connectivity index (χ2v) is 5.71. The number of morpholine rings is 1. The number of ether oxygens (including phenoxy) is 1. The van der Waals surface area contributed by atoms with Gasteiger partial charge in [0.05, 0.1) is 19.3 Å². The van der Waals surface area contributed by atoms with Gasteiger partial charge in [0.1, 0.15) is 0 Å². The summed E-state index contributed by atoms with van der Waals surface area (Å²) in [4.78, 5) is 13.8. The lowest BCUT2D eigenvalue weighted by Gasteiger charge is -2.30. The van der Waals surface area contributed by atoms with Gasteiger partial charge in [0.25, 0.3) is 0 Å². The van der Waals surface area contributed by atoms with Crippen LogP contribution >= 0.6 is 0 Å². The smallest absolute Gasteiger partial charge is 0.317 e. The van der Waals surface area contributed by atoms with Crippen LogP contribution in [0.1, 0.15) is 25.7 Å². The van der Waals surface area contributed by atoms with Crippen molar-refractivity contribution in [1.29, 1.82) is 0 Å². The minimum Gasteiger partial charge on any atom is -0.379 e. The largest absolute Gasteiger partial charge is 0.379 e. The lowest BCUT2D eigenvalue weighted by atomic mass is 9.80. The molecule has 2 aliphatic heterocycles. The highest BCUT2D eigenvalue weighted by molar-refractivity contribution is 5.76. The molecule has 3 aliphatic rings. The van der Waals surface area contributed by atoms with Crippen molar-refractivity contribution in [1.82, 2.24) is 15.5 Å². The number of carbonyl (C=O) groups is 1. The van der Waals surface area contributed by atoms with Gasteiger partial charge in [-0.2, -0.15) is 0 Å². The maximum atomic E-state index is 11.9. The predicted molar refractivity (Wildman–Crippen MR) is 68.5 cm³/mol. The van der Waals surface area contributed by atoms with E-state index in [1.54, 1.807) is 0 Å². The van der Waals surface area contributed by atoms with E-state index < -0.39 is 0 Å².